The van der Waals surface area contributed by atoms with Gasteiger partial charge in [0.15, 0.2) is 30.1 Å². The first-order valence-electron chi connectivity index (χ1n) is 6.74. The number of carbonyl (C=O) groups is 2. The summed E-state index contributed by atoms with van der Waals surface area (Å²) < 4.78 is 30.1. The number of nitrogen functional groups attached to an aromatic ring is 1. The third kappa shape index (κ3) is 3.47. The van der Waals surface area contributed by atoms with Crippen LogP contribution in [0.15, 0.2) is 11.0 Å². The molecule has 2 heterocycles. The van der Waals surface area contributed by atoms with E-state index in [1.54, 1.807) is 6.92 Å². The lowest BCUT2D eigenvalue weighted by molar-refractivity contribution is -0.165. The number of aromatic nitrogens is 2. The molecule has 1 aromatic rings. The van der Waals surface area contributed by atoms with Gasteiger partial charge < -0.3 is 19.9 Å². The van der Waals surface area contributed by atoms with Crippen LogP contribution in [0.25, 0.3) is 0 Å². The van der Waals surface area contributed by atoms with Gasteiger partial charge >= 0.3 is 17.6 Å². The van der Waals surface area contributed by atoms with Crippen LogP contribution in [0.2, 0.25) is 0 Å². The summed E-state index contributed by atoms with van der Waals surface area (Å²) in [6, 6.07) is 0. The Morgan fingerprint density at radius 1 is 1.30 bits per heavy atom. The van der Waals surface area contributed by atoms with Gasteiger partial charge in [0.25, 0.3) is 0 Å². The Labute approximate surface area is 130 Å². The Hall–Kier alpha value is -2.49. The fourth-order valence-corrected chi connectivity index (χ4v) is 2.34. The lowest BCUT2D eigenvalue weighted by atomic mass is 10.1. The van der Waals surface area contributed by atoms with Crippen LogP contribution >= 0.6 is 0 Å². The number of nitrogens with two attached hydrogens (primary N) is 1. The molecule has 0 spiro atoms. The molecule has 1 fully saturated rings. The number of rotatable bonds is 3. The van der Waals surface area contributed by atoms with E-state index in [9.17, 15) is 18.8 Å². The molecule has 4 atom stereocenters. The van der Waals surface area contributed by atoms with Crippen molar-refractivity contribution in [1.82, 2.24) is 9.55 Å². The summed E-state index contributed by atoms with van der Waals surface area (Å²) in [5.41, 5.74) is 4.34. The van der Waals surface area contributed by atoms with E-state index in [-0.39, 0.29) is 0 Å². The zero-order valence-electron chi connectivity index (χ0n) is 12.7. The van der Waals surface area contributed by atoms with Crippen molar-refractivity contribution in [3.05, 3.63) is 22.5 Å². The molecule has 0 aromatic carbocycles. The second-order valence-electron chi connectivity index (χ2n) is 5.04. The molecule has 1 saturated heterocycles. The minimum atomic E-state index is -1.20. The third-order valence-electron chi connectivity index (χ3n) is 3.23. The average Bonchev–Trinajstić information content (AvgIpc) is 2.70. The molecule has 0 radical (unpaired) electrons. The first kappa shape index (κ1) is 16.9. The van der Waals surface area contributed by atoms with Gasteiger partial charge in [0.1, 0.15) is 0 Å². The van der Waals surface area contributed by atoms with Gasteiger partial charge in [-0.2, -0.15) is 4.98 Å². The standard InChI is InChI=1S/C13H16FN3O6/c1-5-9(22-6(2)18)10(23-7(3)19)12(21-5)17-4-8(14)11(15)16-13(17)20/h4-5,9-10,12H,1-3H3,(H2,15,16,20)/t5-,9+,10-,12-/m0/s1. The third-order valence-corrected chi connectivity index (χ3v) is 3.23. The quantitative estimate of drug-likeness (QED) is 0.753. The average molecular weight is 329 g/mol. The fraction of sp³-hybridized carbons (Fsp3) is 0.538. The number of hydrogen-bond acceptors (Lipinski definition) is 8. The van der Waals surface area contributed by atoms with Crippen molar-refractivity contribution in [3.8, 4) is 0 Å². The Morgan fingerprint density at radius 2 is 1.87 bits per heavy atom. The Kier molecular flexibility index (Phi) is 4.64. The Morgan fingerprint density at radius 3 is 2.43 bits per heavy atom. The van der Waals surface area contributed by atoms with Crippen LogP contribution in [0.3, 0.4) is 0 Å². The summed E-state index contributed by atoms with van der Waals surface area (Å²) in [5, 5.41) is 0. The highest BCUT2D eigenvalue weighted by Crippen LogP contribution is 2.33. The smallest absolute Gasteiger partial charge is 0.351 e. The molecule has 2 rings (SSSR count). The van der Waals surface area contributed by atoms with Crippen molar-refractivity contribution in [3.63, 3.8) is 0 Å². The summed E-state index contributed by atoms with van der Waals surface area (Å²) in [6.07, 6.45) is -3.17. The highest BCUT2D eigenvalue weighted by molar-refractivity contribution is 5.67. The molecule has 1 aromatic heterocycles. The Balaban J connectivity index is 2.43. The van der Waals surface area contributed by atoms with Gasteiger partial charge in [-0.25, -0.2) is 9.18 Å². The zero-order chi connectivity index (χ0) is 17.3. The molecule has 0 unspecified atom stereocenters. The SMILES string of the molecule is CC(=O)O[C@H]1[C@H](OC(C)=O)[C@@H](n2cc(F)c(N)nc2=O)O[C@H]1C. The molecule has 1 aliphatic heterocycles. The maximum absolute atomic E-state index is 13.6. The van der Waals surface area contributed by atoms with E-state index in [1.807, 2.05) is 0 Å². The van der Waals surface area contributed by atoms with E-state index < -0.39 is 53.8 Å². The largest absolute Gasteiger partial charge is 0.456 e. The highest BCUT2D eigenvalue weighted by atomic mass is 19.1. The topological polar surface area (TPSA) is 123 Å². The molecule has 9 nitrogen and oxygen atoms in total. The van der Waals surface area contributed by atoms with Crippen LogP contribution in [-0.4, -0.2) is 39.8 Å². The summed E-state index contributed by atoms with van der Waals surface area (Å²) in [7, 11) is 0. The van der Waals surface area contributed by atoms with Crippen molar-refractivity contribution >= 4 is 17.8 Å². The van der Waals surface area contributed by atoms with Crippen LogP contribution in [0.4, 0.5) is 10.2 Å². The second kappa shape index (κ2) is 6.32. The molecular weight excluding hydrogens is 313 g/mol. The number of ether oxygens (including phenoxy) is 3. The highest BCUT2D eigenvalue weighted by Gasteiger charge is 2.48. The molecule has 10 heteroatoms. The minimum absolute atomic E-state index is 0.558. The summed E-state index contributed by atoms with van der Waals surface area (Å²) in [5.74, 6) is -2.78. The normalized spacial score (nSPS) is 26.8. The molecular formula is C13H16FN3O6. The van der Waals surface area contributed by atoms with E-state index in [2.05, 4.69) is 4.98 Å². The van der Waals surface area contributed by atoms with Crippen LogP contribution in [-0.2, 0) is 23.8 Å². The maximum Gasteiger partial charge on any atom is 0.351 e. The van der Waals surface area contributed by atoms with E-state index in [1.165, 1.54) is 6.92 Å². The molecule has 0 bridgehead atoms. The van der Waals surface area contributed by atoms with Gasteiger partial charge in [-0.3, -0.25) is 14.2 Å². The molecule has 0 aliphatic carbocycles. The number of esters is 2. The van der Waals surface area contributed by atoms with E-state index >= 15 is 0 Å². The van der Waals surface area contributed by atoms with Crippen molar-refractivity contribution in [2.45, 2.75) is 45.3 Å². The summed E-state index contributed by atoms with van der Waals surface area (Å²) in [6.45, 7) is 3.90. The van der Waals surface area contributed by atoms with Gasteiger partial charge in [0.05, 0.1) is 12.3 Å². The molecule has 23 heavy (non-hydrogen) atoms. The lowest BCUT2D eigenvalue weighted by Gasteiger charge is -2.23. The first-order chi connectivity index (χ1) is 10.7. The minimum Gasteiger partial charge on any atom is -0.456 e. The monoisotopic (exact) mass is 329 g/mol. The predicted octanol–water partition coefficient (Wildman–Crippen LogP) is -0.255. The van der Waals surface area contributed by atoms with Crippen molar-refractivity contribution in [2.24, 2.45) is 0 Å². The van der Waals surface area contributed by atoms with Gasteiger partial charge in [-0.15, -0.1) is 0 Å². The molecule has 1 aliphatic rings. The van der Waals surface area contributed by atoms with Gasteiger partial charge in [0.2, 0.25) is 0 Å². The van der Waals surface area contributed by atoms with Crippen LogP contribution in [0.1, 0.15) is 27.0 Å². The molecule has 126 valence electrons. The van der Waals surface area contributed by atoms with Gasteiger partial charge in [-0.05, 0) is 6.92 Å². The Bertz CT molecular complexity index is 691. The van der Waals surface area contributed by atoms with Gasteiger partial charge in [0, 0.05) is 13.8 Å². The van der Waals surface area contributed by atoms with Crippen LogP contribution < -0.4 is 11.4 Å². The van der Waals surface area contributed by atoms with Gasteiger partial charge in [-0.1, -0.05) is 0 Å². The number of nitrogens with zero attached hydrogens (tertiary/aromatic N) is 2. The molecule has 2 N–H and O–H groups in total. The van der Waals surface area contributed by atoms with Crippen molar-refractivity contribution in [1.29, 1.82) is 0 Å². The second-order valence-corrected chi connectivity index (χ2v) is 5.04. The summed E-state index contributed by atoms with van der Waals surface area (Å²) in [4.78, 5) is 37.8. The van der Waals surface area contributed by atoms with E-state index in [4.69, 9.17) is 19.9 Å². The first-order valence-corrected chi connectivity index (χ1v) is 6.74. The number of halogens is 1. The fourth-order valence-electron chi connectivity index (χ4n) is 2.34. The van der Waals surface area contributed by atoms with Crippen LogP contribution in [0, 0.1) is 5.82 Å². The van der Waals surface area contributed by atoms with Crippen molar-refractivity contribution in [2.75, 3.05) is 5.73 Å². The van der Waals surface area contributed by atoms with E-state index in [0.29, 0.717) is 0 Å². The van der Waals surface area contributed by atoms with E-state index in [0.717, 1.165) is 17.7 Å². The molecule has 0 saturated carbocycles. The van der Waals surface area contributed by atoms with Crippen LogP contribution in [0.5, 0.6) is 0 Å². The zero-order valence-corrected chi connectivity index (χ0v) is 12.7. The predicted molar refractivity (Wildman–Crippen MR) is 73.6 cm³/mol. The van der Waals surface area contributed by atoms with Crippen molar-refractivity contribution < 1.29 is 28.2 Å². The number of carbonyl (C=O) groups excluding carboxylic acids is 2. The maximum atomic E-state index is 13.6. The number of anilines is 1. The number of hydrogen-bond donors (Lipinski definition) is 1. The molecule has 0 amide bonds. The summed E-state index contributed by atoms with van der Waals surface area (Å²) >= 11 is 0. The lowest BCUT2D eigenvalue weighted by Crippen LogP contribution is -2.40.